The van der Waals surface area contributed by atoms with Gasteiger partial charge < -0.3 is 10.1 Å². The van der Waals surface area contributed by atoms with Crippen molar-refractivity contribution in [1.29, 1.82) is 0 Å². The van der Waals surface area contributed by atoms with Crippen molar-refractivity contribution < 1.29 is 4.74 Å². The highest BCUT2D eigenvalue weighted by atomic mass is 35.5. The van der Waals surface area contributed by atoms with E-state index in [1.807, 2.05) is 19.2 Å². The zero-order chi connectivity index (χ0) is 12.1. The third kappa shape index (κ3) is 3.13. The van der Waals surface area contributed by atoms with E-state index in [1.165, 1.54) is 5.56 Å². The van der Waals surface area contributed by atoms with Gasteiger partial charge in [-0.2, -0.15) is 0 Å². The first kappa shape index (κ1) is 13.3. The van der Waals surface area contributed by atoms with Gasteiger partial charge in [0, 0.05) is 0 Å². The van der Waals surface area contributed by atoms with E-state index < -0.39 is 0 Å². The van der Waals surface area contributed by atoms with Gasteiger partial charge in [0.25, 0.3) is 0 Å². The van der Waals surface area contributed by atoms with Crippen LogP contribution in [0.15, 0.2) is 18.2 Å². The number of hydrogen-bond acceptors (Lipinski definition) is 2. The van der Waals surface area contributed by atoms with E-state index in [0.29, 0.717) is 16.9 Å². The molecule has 0 spiro atoms. The van der Waals surface area contributed by atoms with Crippen LogP contribution in [0.1, 0.15) is 25.3 Å². The highest BCUT2D eigenvalue weighted by Gasteiger charge is 2.15. The fourth-order valence-corrected chi connectivity index (χ4v) is 1.98. The summed E-state index contributed by atoms with van der Waals surface area (Å²) in [5.41, 5.74) is 1.27. The van der Waals surface area contributed by atoms with Crippen LogP contribution in [0.4, 0.5) is 0 Å². The Morgan fingerprint density at radius 1 is 1.38 bits per heavy atom. The van der Waals surface area contributed by atoms with Crippen molar-refractivity contribution >= 4 is 11.6 Å². The maximum absolute atomic E-state index is 6.00. The lowest BCUT2D eigenvalue weighted by Crippen LogP contribution is -2.20. The fourth-order valence-electron chi connectivity index (χ4n) is 1.79. The molecule has 0 fully saturated rings. The average molecular weight is 242 g/mol. The number of hydrogen-bond donors (Lipinski definition) is 1. The molecule has 3 heteroatoms. The third-order valence-corrected chi connectivity index (χ3v) is 3.39. The Morgan fingerprint density at radius 3 is 2.62 bits per heavy atom. The molecule has 0 saturated heterocycles. The Bertz CT molecular complexity index is 341. The SMILES string of the molecule is CNCC(C)C(C)c1ccc(Cl)c(OC)c1. The molecular weight excluding hydrogens is 222 g/mol. The maximum Gasteiger partial charge on any atom is 0.137 e. The van der Waals surface area contributed by atoms with Crippen LogP contribution in [0.5, 0.6) is 5.75 Å². The van der Waals surface area contributed by atoms with Crippen LogP contribution in [-0.2, 0) is 0 Å². The summed E-state index contributed by atoms with van der Waals surface area (Å²) in [4.78, 5) is 0. The largest absolute Gasteiger partial charge is 0.495 e. The third-order valence-electron chi connectivity index (χ3n) is 3.08. The van der Waals surface area contributed by atoms with E-state index in [1.54, 1.807) is 7.11 Å². The van der Waals surface area contributed by atoms with Gasteiger partial charge in [0.2, 0.25) is 0 Å². The number of nitrogens with one attached hydrogen (secondary N) is 1. The molecule has 90 valence electrons. The first-order valence-electron chi connectivity index (χ1n) is 5.58. The van der Waals surface area contributed by atoms with Gasteiger partial charge in [-0.15, -0.1) is 0 Å². The Labute approximate surface area is 103 Å². The Kier molecular flexibility index (Phi) is 5.10. The summed E-state index contributed by atoms with van der Waals surface area (Å²) in [5.74, 6) is 1.82. The quantitative estimate of drug-likeness (QED) is 0.854. The summed E-state index contributed by atoms with van der Waals surface area (Å²) in [6, 6.07) is 6.00. The fraction of sp³-hybridized carbons (Fsp3) is 0.538. The Hall–Kier alpha value is -0.730. The molecule has 2 nitrogen and oxygen atoms in total. The van der Waals surface area contributed by atoms with Crippen molar-refractivity contribution in [1.82, 2.24) is 5.32 Å². The zero-order valence-corrected chi connectivity index (χ0v) is 11.1. The molecule has 0 heterocycles. The maximum atomic E-state index is 6.00. The summed E-state index contributed by atoms with van der Waals surface area (Å²) in [7, 11) is 3.62. The van der Waals surface area contributed by atoms with Crippen molar-refractivity contribution in [2.45, 2.75) is 19.8 Å². The van der Waals surface area contributed by atoms with Gasteiger partial charge in [-0.05, 0) is 43.1 Å². The van der Waals surface area contributed by atoms with E-state index in [0.717, 1.165) is 12.3 Å². The molecule has 0 bridgehead atoms. The van der Waals surface area contributed by atoms with Crippen LogP contribution in [0.3, 0.4) is 0 Å². The van der Waals surface area contributed by atoms with E-state index >= 15 is 0 Å². The van der Waals surface area contributed by atoms with Crippen molar-refractivity contribution in [3.05, 3.63) is 28.8 Å². The van der Waals surface area contributed by atoms with Crippen LogP contribution < -0.4 is 10.1 Å². The molecule has 1 rings (SSSR count). The van der Waals surface area contributed by atoms with E-state index in [-0.39, 0.29) is 0 Å². The summed E-state index contributed by atoms with van der Waals surface area (Å²) < 4.78 is 5.23. The lowest BCUT2D eigenvalue weighted by atomic mass is 9.89. The van der Waals surface area contributed by atoms with Crippen LogP contribution in [0, 0.1) is 5.92 Å². The number of methoxy groups -OCH3 is 1. The number of benzene rings is 1. The summed E-state index contributed by atoms with van der Waals surface area (Å²) in [6.45, 7) is 5.47. The smallest absolute Gasteiger partial charge is 0.137 e. The molecule has 0 radical (unpaired) electrons. The average Bonchev–Trinajstić information content (AvgIpc) is 2.29. The molecule has 0 aromatic heterocycles. The van der Waals surface area contributed by atoms with Gasteiger partial charge in [0.15, 0.2) is 0 Å². The summed E-state index contributed by atoms with van der Waals surface area (Å²) in [5, 5.41) is 3.87. The minimum absolute atomic E-state index is 0.485. The summed E-state index contributed by atoms with van der Waals surface area (Å²) in [6.07, 6.45) is 0. The van der Waals surface area contributed by atoms with Crippen molar-refractivity contribution in [3.63, 3.8) is 0 Å². The predicted octanol–water partition coefficient (Wildman–Crippen LogP) is 3.31. The summed E-state index contributed by atoms with van der Waals surface area (Å²) >= 11 is 6.00. The molecule has 0 aliphatic heterocycles. The lowest BCUT2D eigenvalue weighted by Gasteiger charge is -2.20. The molecule has 0 aliphatic rings. The minimum atomic E-state index is 0.485. The monoisotopic (exact) mass is 241 g/mol. The van der Waals surface area contributed by atoms with Gasteiger partial charge in [-0.1, -0.05) is 31.5 Å². The highest BCUT2D eigenvalue weighted by molar-refractivity contribution is 6.32. The first-order valence-corrected chi connectivity index (χ1v) is 5.96. The predicted molar refractivity (Wildman–Crippen MR) is 69.5 cm³/mol. The molecule has 1 aromatic rings. The second kappa shape index (κ2) is 6.12. The minimum Gasteiger partial charge on any atom is -0.495 e. The standard InChI is InChI=1S/C13H20ClNO/c1-9(8-15-3)10(2)11-5-6-12(14)13(7-11)16-4/h5-7,9-10,15H,8H2,1-4H3. The second-order valence-electron chi connectivity index (χ2n) is 4.22. The second-order valence-corrected chi connectivity index (χ2v) is 4.62. The molecule has 0 amide bonds. The van der Waals surface area contributed by atoms with Crippen molar-refractivity contribution in [3.8, 4) is 5.75 Å². The Balaban J connectivity index is 2.87. The van der Waals surface area contributed by atoms with Crippen molar-refractivity contribution in [2.75, 3.05) is 20.7 Å². The molecule has 16 heavy (non-hydrogen) atoms. The van der Waals surface area contributed by atoms with Crippen LogP contribution in [0.2, 0.25) is 5.02 Å². The lowest BCUT2D eigenvalue weighted by molar-refractivity contribution is 0.411. The molecule has 2 unspecified atom stereocenters. The highest BCUT2D eigenvalue weighted by Crippen LogP contribution is 2.31. The van der Waals surface area contributed by atoms with E-state index in [4.69, 9.17) is 16.3 Å². The van der Waals surface area contributed by atoms with Gasteiger partial charge in [-0.25, -0.2) is 0 Å². The normalized spacial score (nSPS) is 14.6. The zero-order valence-electron chi connectivity index (χ0n) is 10.4. The molecule has 1 aromatic carbocycles. The Morgan fingerprint density at radius 2 is 2.06 bits per heavy atom. The molecule has 1 N–H and O–H groups in total. The number of rotatable bonds is 5. The molecule has 0 aliphatic carbocycles. The number of ether oxygens (including phenoxy) is 1. The van der Waals surface area contributed by atoms with E-state index in [9.17, 15) is 0 Å². The van der Waals surface area contributed by atoms with Gasteiger partial charge in [0.1, 0.15) is 5.75 Å². The van der Waals surface area contributed by atoms with E-state index in [2.05, 4.69) is 25.2 Å². The van der Waals surface area contributed by atoms with Crippen LogP contribution in [-0.4, -0.2) is 20.7 Å². The molecule has 2 atom stereocenters. The van der Waals surface area contributed by atoms with Crippen LogP contribution in [0.25, 0.3) is 0 Å². The van der Waals surface area contributed by atoms with Gasteiger partial charge in [0.05, 0.1) is 12.1 Å². The van der Waals surface area contributed by atoms with Gasteiger partial charge in [-0.3, -0.25) is 0 Å². The molecule has 0 saturated carbocycles. The van der Waals surface area contributed by atoms with Crippen molar-refractivity contribution in [2.24, 2.45) is 5.92 Å². The number of halogens is 1. The first-order chi connectivity index (χ1) is 7.60. The van der Waals surface area contributed by atoms with Crippen LogP contribution >= 0.6 is 11.6 Å². The topological polar surface area (TPSA) is 21.3 Å². The molecular formula is C13H20ClNO. The van der Waals surface area contributed by atoms with Gasteiger partial charge >= 0.3 is 0 Å².